The summed E-state index contributed by atoms with van der Waals surface area (Å²) in [5.41, 5.74) is 2.17. The summed E-state index contributed by atoms with van der Waals surface area (Å²) in [6, 6.07) is 10.4. The van der Waals surface area contributed by atoms with E-state index in [-0.39, 0.29) is 0 Å². The predicted octanol–water partition coefficient (Wildman–Crippen LogP) is 6.90. The van der Waals surface area contributed by atoms with Crippen molar-refractivity contribution in [1.29, 1.82) is 5.26 Å². The Labute approximate surface area is 154 Å². The van der Waals surface area contributed by atoms with Crippen molar-refractivity contribution in [2.45, 2.75) is 84.0 Å². The molecule has 2 aliphatic carbocycles. The normalized spacial score (nSPS) is 29.9. The lowest BCUT2D eigenvalue weighted by atomic mass is 9.68. The van der Waals surface area contributed by atoms with Gasteiger partial charge in [0.15, 0.2) is 0 Å². The van der Waals surface area contributed by atoms with Crippen LogP contribution in [0.3, 0.4) is 0 Å². The summed E-state index contributed by atoms with van der Waals surface area (Å²) in [4.78, 5) is 0. The lowest BCUT2D eigenvalue weighted by Gasteiger charge is -2.38. The van der Waals surface area contributed by atoms with Crippen LogP contribution in [0.1, 0.15) is 88.7 Å². The number of nitrogens with zero attached hydrogens (tertiary/aromatic N) is 1. The molecular weight excluding hydrogens is 302 g/mol. The van der Waals surface area contributed by atoms with Crippen LogP contribution in [-0.2, 0) is 6.42 Å². The van der Waals surface area contributed by atoms with Crippen LogP contribution in [0.4, 0.5) is 0 Å². The minimum absolute atomic E-state index is 0.776. The van der Waals surface area contributed by atoms with E-state index in [2.05, 4.69) is 25.1 Å². The van der Waals surface area contributed by atoms with Crippen LogP contribution in [0.25, 0.3) is 0 Å². The highest BCUT2D eigenvalue weighted by molar-refractivity contribution is 5.31. The maximum Gasteiger partial charge on any atom is 0.0991 e. The van der Waals surface area contributed by atoms with Crippen LogP contribution in [0.15, 0.2) is 24.3 Å². The first-order valence-electron chi connectivity index (χ1n) is 10.8. The maximum atomic E-state index is 8.89. The fraction of sp³-hybridized carbons (Fsp3) is 0.708. The smallest absolute Gasteiger partial charge is 0.0991 e. The van der Waals surface area contributed by atoms with E-state index in [0.29, 0.717) is 0 Å². The number of nitriles is 1. The molecule has 0 bridgehead atoms. The van der Waals surface area contributed by atoms with Gasteiger partial charge in [-0.05, 0) is 79.9 Å². The predicted molar refractivity (Wildman–Crippen MR) is 105 cm³/mol. The quantitative estimate of drug-likeness (QED) is 0.553. The van der Waals surface area contributed by atoms with Gasteiger partial charge in [0.2, 0.25) is 0 Å². The number of aryl methyl sites for hydroxylation is 1. The Morgan fingerprint density at radius 3 is 1.80 bits per heavy atom. The first-order chi connectivity index (χ1) is 12.3. The van der Waals surface area contributed by atoms with Gasteiger partial charge in [0.1, 0.15) is 0 Å². The van der Waals surface area contributed by atoms with Crippen molar-refractivity contribution in [2.24, 2.45) is 23.7 Å². The van der Waals surface area contributed by atoms with Gasteiger partial charge in [0.05, 0.1) is 11.6 Å². The molecule has 0 N–H and O–H groups in total. The number of hydrogen-bond donors (Lipinski definition) is 0. The molecule has 136 valence electrons. The van der Waals surface area contributed by atoms with E-state index in [0.717, 1.165) is 29.2 Å². The summed E-state index contributed by atoms with van der Waals surface area (Å²) in [5, 5.41) is 8.89. The Morgan fingerprint density at radius 1 is 0.800 bits per heavy atom. The van der Waals surface area contributed by atoms with Gasteiger partial charge in [-0.2, -0.15) is 5.26 Å². The third kappa shape index (κ3) is 5.34. The molecule has 0 atom stereocenters. The molecule has 0 spiro atoms. The van der Waals surface area contributed by atoms with Crippen molar-refractivity contribution in [2.75, 3.05) is 0 Å². The van der Waals surface area contributed by atoms with Crippen molar-refractivity contribution in [3.8, 4) is 6.07 Å². The minimum Gasteiger partial charge on any atom is -0.192 e. The Kier molecular flexibility index (Phi) is 6.97. The van der Waals surface area contributed by atoms with Crippen molar-refractivity contribution < 1.29 is 0 Å². The molecule has 2 saturated carbocycles. The lowest BCUT2D eigenvalue weighted by molar-refractivity contribution is 0.141. The van der Waals surface area contributed by atoms with E-state index < -0.39 is 0 Å². The Hall–Kier alpha value is -1.29. The molecule has 3 rings (SSSR count). The minimum atomic E-state index is 0.776. The van der Waals surface area contributed by atoms with Crippen LogP contribution in [-0.4, -0.2) is 0 Å². The third-order valence-corrected chi connectivity index (χ3v) is 7.07. The Balaban J connectivity index is 1.36. The second kappa shape index (κ2) is 9.42. The van der Waals surface area contributed by atoms with E-state index in [1.54, 1.807) is 0 Å². The van der Waals surface area contributed by atoms with Crippen molar-refractivity contribution in [3.05, 3.63) is 35.4 Å². The number of rotatable bonds is 6. The zero-order chi connectivity index (χ0) is 17.5. The first-order valence-corrected chi connectivity index (χ1v) is 10.8. The summed E-state index contributed by atoms with van der Waals surface area (Å²) in [5.74, 6) is 4.06. The van der Waals surface area contributed by atoms with Gasteiger partial charge in [0, 0.05) is 0 Å². The molecular formula is C24H35N. The maximum absolute atomic E-state index is 8.89. The van der Waals surface area contributed by atoms with Gasteiger partial charge >= 0.3 is 0 Å². The zero-order valence-corrected chi connectivity index (χ0v) is 16.1. The van der Waals surface area contributed by atoms with Crippen molar-refractivity contribution >= 4 is 0 Å². The van der Waals surface area contributed by atoms with E-state index in [1.807, 2.05) is 12.1 Å². The molecule has 0 aliphatic heterocycles. The van der Waals surface area contributed by atoms with E-state index in [4.69, 9.17) is 5.26 Å². The molecule has 0 radical (unpaired) electrons. The topological polar surface area (TPSA) is 23.8 Å². The standard InChI is InChI=1S/C24H35N/c1-2-3-19-10-14-23(15-11-19)24-16-12-21(13-17-24)5-4-20-6-8-22(18-25)9-7-20/h6-9,19,21,23-24H,2-5,10-17H2,1H3. The second-order valence-corrected chi connectivity index (χ2v) is 8.70. The summed E-state index contributed by atoms with van der Waals surface area (Å²) in [6.07, 6.45) is 17.3. The van der Waals surface area contributed by atoms with E-state index >= 15 is 0 Å². The highest BCUT2D eigenvalue weighted by Crippen LogP contribution is 2.42. The molecule has 0 aromatic heterocycles. The molecule has 2 fully saturated rings. The van der Waals surface area contributed by atoms with Crippen molar-refractivity contribution in [1.82, 2.24) is 0 Å². The van der Waals surface area contributed by atoms with E-state index in [1.165, 1.54) is 82.6 Å². The first kappa shape index (κ1) is 18.5. The largest absolute Gasteiger partial charge is 0.192 e. The van der Waals surface area contributed by atoms with Crippen LogP contribution in [0, 0.1) is 35.0 Å². The molecule has 1 heteroatoms. The fourth-order valence-corrected chi connectivity index (χ4v) is 5.42. The molecule has 25 heavy (non-hydrogen) atoms. The van der Waals surface area contributed by atoms with Gasteiger partial charge in [-0.15, -0.1) is 0 Å². The third-order valence-electron chi connectivity index (χ3n) is 7.07. The second-order valence-electron chi connectivity index (χ2n) is 8.70. The zero-order valence-electron chi connectivity index (χ0n) is 16.1. The molecule has 1 nitrogen and oxygen atoms in total. The summed E-state index contributed by atoms with van der Waals surface area (Å²) >= 11 is 0. The van der Waals surface area contributed by atoms with Crippen LogP contribution < -0.4 is 0 Å². The van der Waals surface area contributed by atoms with E-state index in [9.17, 15) is 0 Å². The van der Waals surface area contributed by atoms with Crippen LogP contribution in [0.2, 0.25) is 0 Å². The molecule has 0 saturated heterocycles. The average Bonchev–Trinajstić information content (AvgIpc) is 2.68. The summed E-state index contributed by atoms with van der Waals surface area (Å²) < 4.78 is 0. The summed E-state index contributed by atoms with van der Waals surface area (Å²) in [6.45, 7) is 2.34. The molecule has 1 aromatic carbocycles. The molecule has 2 aliphatic rings. The highest BCUT2D eigenvalue weighted by atomic mass is 14.4. The summed E-state index contributed by atoms with van der Waals surface area (Å²) in [7, 11) is 0. The number of hydrogen-bond acceptors (Lipinski definition) is 1. The Bertz CT molecular complexity index is 536. The lowest BCUT2D eigenvalue weighted by Crippen LogP contribution is -2.26. The van der Waals surface area contributed by atoms with Gasteiger partial charge < -0.3 is 0 Å². The monoisotopic (exact) mass is 337 g/mol. The van der Waals surface area contributed by atoms with Gasteiger partial charge in [-0.1, -0.05) is 57.6 Å². The fourth-order valence-electron chi connectivity index (χ4n) is 5.42. The molecule has 0 amide bonds. The number of benzene rings is 1. The van der Waals surface area contributed by atoms with Gasteiger partial charge in [-0.3, -0.25) is 0 Å². The van der Waals surface area contributed by atoms with Crippen LogP contribution >= 0.6 is 0 Å². The molecule has 0 unspecified atom stereocenters. The highest BCUT2D eigenvalue weighted by Gasteiger charge is 2.30. The molecule has 1 aromatic rings. The van der Waals surface area contributed by atoms with Gasteiger partial charge in [0.25, 0.3) is 0 Å². The van der Waals surface area contributed by atoms with Crippen molar-refractivity contribution in [3.63, 3.8) is 0 Å². The Morgan fingerprint density at radius 2 is 1.32 bits per heavy atom. The van der Waals surface area contributed by atoms with Crippen LogP contribution in [0.5, 0.6) is 0 Å². The molecule has 0 heterocycles. The average molecular weight is 338 g/mol. The SMILES string of the molecule is CCCC1CCC(C2CCC(CCc3ccc(C#N)cc3)CC2)CC1. The van der Waals surface area contributed by atoms with Gasteiger partial charge in [-0.25, -0.2) is 0 Å².